The van der Waals surface area contributed by atoms with Gasteiger partial charge in [0.2, 0.25) is 0 Å². The molecule has 0 fully saturated rings. The monoisotopic (exact) mass is 336 g/mol. The number of fused-ring (bicyclic) bond motifs is 1. The molecule has 0 unspecified atom stereocenters. The fourth-order valence-electron chi connectivity index (χ4n) is 3.02. The maximum atomic E-state index is 13.5. The summed E-state index contributed by atoms with van der Waals surface area (Å²) in [4.78, 5) is 8.82. The van der Waals surface area contributed by atoms with Gasteiger partial charge in [0.15, 0.2) is 0 Å². The number of aryl methyl sites for hydroxylation is 1. The maximum Gasteiger partial charge on any atom is 0.146 e. The van der Waals surface area contributed by atoms with Crippen LogP contribution in [0.3, 0.4) is 0 Å². The Hall–Kier alpha value is -3.15. The normalized spacial score (nSPS) is 11.2. The highest BCUT2D eigenvalue weighted by molar-refractivity contribution is 5.93. The van der Waals surface area contributed by atoms with Crippen LogP contribution in [0, 0.1) is 19.7 Å². The summed E-state index contributed by atoms with van der Waals surface area (Å²) >= 11 is 0. The highest BCUT2D eigenvalue weighted by Crippen LogP contribution is 2.31. The lowest BCUT2D eigenvalue weighted by Crippen LogP contribution is -2.02. The van der Waals surface area contributed by atoms with Crippen LogP contribution in [-0.2, 0) is 6.54 Å². The Kier molecular flexibility index (Phi) is 3.72. The first kappa shape index (κ1) is 15.4. The summed E-state index contributed by atoms with van der Waals surface area (Å²) in [5.41, 5.74) is 3.64. The van der Waals surface area contributed by atoms with E-state index >= 15 is 0 Å². The van der Waals surface area contributed by atoms with Gasteiger partial charge in [0, 0.05) is 11.4 Å². The molecule has 1 N–H and O–H groups in total. The van der Waals surface area contributed by atoms with E-state index in [1.807, 2.05) is 26.0 Å². The zero-order chi connectivity index (χ0) is 17.4. The van der Waals surface area contributed by atoms with Crippen molar-refractivity contribution < 1.29 is 8.81 Å². The topological polar surface area (TPSA) is 55.9 Å². The van der Waals surface area contributed by atoms with Gasteiger partial charge in [-0.25, -0.2) is 14.4 Å². The SMILES string of the molecule is Cc1c(C)n(Cc2ccco2)c2ncnc(Nc3cccc(F)c3)c12. The van der Waals surface area contributed by atoms with Crippen molar-refractivity contribution in [2.24, 2.45) is 0 Å². The Morgan fingerprint density at radius 1 is 1.16 bits per heavy atom. The first-order valence-corrected chi connectivity index (χ1v) is 7.99. The molecule has 0 atom stereocenters. The minimum absolute atomic E-state index is 0.293. The Balaban J connectivity index is 1.81. The van der Waals surface area contributed by atoms with E-state index in [1.165, 1.54) is 18.5 Å². The molecule has 4 rings (SSSR count). The quantitative estimate of drug-likeness (QED) is 0.593. The van der Waals surface area contributed by atoms with Crippen molar-refractivity contribution in [3.8, 4) is 0 Å². The van der Waals surface area contributed by atoms with Gasteiger partial charge in [0.1, 0.15) is 29.4 Å². The summed E-state index contributed by atoms with van der Waals surface area (Å²) in [7, 11) is 0. The molecule has 0 aliphatic rings. The Labute approximate surface area is 144 Å². The molecule has 4 aromatic rings. The lowest BCUT2D eigenvalue weighted by molar-refractivity contribution is 0.494. The van der Waals surface area contributed by atoms with Crippen molar-refractivity contribution >= 4 is 22.5 Å². The van der Waals surface area contributed by atoms with Crippen molar-refractivity contribution in [2.75, 3.05) is 5.32 Å². The molecule has 5 nitrogen and oxygen atoms in total. The zero-order valence-corrected chi connectivity index (χ0v) is 14.0. The highest BCUT2D eigenvalue weighted by atomic mass is 19.1. The third-order valence-electron chi connectivity index (χ3n) is 4.39. The predicted octanol–water partition coefficient (Wildman–Crippen LogP) is 4.57. The first-order valence-electron chi connectivity index (χ1n) is 7.99. The standard InChI is InChI=1S/C19H17FN4O/c1-12-13(2)24(10-16-7-4-8-25-16)19-17(12)18(21-11-22-19)23-15-6-3-5-14(20)9-15/h3-9,11H,10H2,1-2H3,(H,21,22,23). The molecule has 3 heterocycles. The molecule has 0 radical (unpaired) electrons. The van der Waals surface area contributed by atoms with Crippen LogP contribution in [0.1, 0.15) is 17.0 Å². The van der Waals surface area contributed by atoms with Crippen molar-refractivity contribution in [3.05, 3.63) is 71.8 Å². The van der Waals surface area contributed by atoms with E-state index in [2.05, 4.69) is 19.9 Å². The van der Waals surface area contributed by atoms with Gasteiger partial charge in [0.25, 0.3) is 0 Å². The summed E-state index contributed by atoms with van der Waals surface area (Å²) in [6.45, 7) is 4.68. The lowest BCUT2D eigenvalue weighted by Gasteiger charge is -2.08. The second-order valence-electron chi connectivity index (χ2n) is 5.93. The molecule has 0 saturated heterocycles. The molecular formula is C19H17FN4O. The minimum Gasteiger partial charge on any atom is -0.467 e. The molecule has 0 aliphatic carbocycles. The predicted molar refractivity (Wildman–Crippen MR) is 94.5 cm³/mol. The van der Waals surface area contributed by atoms with Crippen LogP contribution in [0.15, 0.2) is 53.4 Å². The van der Waals surface area contributed by atoms with Crippen LogP contribution in [0.4, 0.5) is 15.9 Å². The van der Waals surface area contributed by atoms with Crippen molar-refractivity contribution in [2.45, 2.75) is 20.4 Å². The molecule has 0 bridgehead atoms. The summed E-state index contributed by atoms with van der Waals surface area (Å²) in [6, 6.07) is 10.1. The number of hydrogen-bond donors (Lipinski definition) is 1. The van der Waals surface area contributed by atoms with Gasteiger partial charge < -0.3 is 14.3 Å². The molecule has 25 heavy (non-hydrogen) atoms. The van der Waals surface area contributed by atoms with Crippen LogP contribution in [0.25, 0.3) is 11.0 Å². The molecule has 126 valence electrons. The summed E-state index contributed by atoms with van der Waals surface area (Å²) in [6.07, 6.45) is 3.18. The molecule has 0 aliphatic heterocycles. The number of furan rings is 1. The van der Waals surface area contributed by atoms with E-state index in [0.717, 1.165) is 28.1 Å². The number of hydrogen-bond acceptors (Lipinski definition) is 4. The second kappa shape index (κ2) is 6.05. The number of nitrogens with zero attached hydrogens (tertiary/aromatic N) is 3. The van der Waals surface area contributed by atoms with Crippen molar-refractivity contribution in [1.82, 2.24) is 14.5 Å². The van der Waals surface area contributed by atoms with Crippen LogP contribution >= 0.6 is 0 Å². The van der Waals surface area contributed by atoms with E-state index in [4.69, 9.17) is 4.42 Å². The number of nitrogens with one attached hydrogen (secondary N) is 1. The molecule has 3 aromatic heterocycles. The molecular weight excluding hydrogens is 319 g/mol. The molecule has 0 saturated carbocycles. The fraction of sp³-hybridized carbons (Fsp3) is 0.158. The summed E-state index contributed by atoms with van der Waals surface area (Å²) < 4.78 is 21.0. The largest absolute Gasteiger partial charge is 0.467 e. The van der Waals surface area contributed by atoms with Crippen molar-refractivity contribution in [3.63, 3.8) is 0 Å². The van der Waals surface area contributed by atoms with E-state index < -0.39 is 0 Å². The van der Waals surface area contributed by atoms with Crippen LogP contribution < -0.4 is 5.32 Å². The van der Waals surface area contributed by atoms with E-state index in [0.29, 0.717) is 18.1 Å². The fourth-order valence-corrected chi connectivity index (χ4v) is 3.02. The molecule has 0 amide bonds. The number of benzene rings is 1. The zero-order valence-electron chi connectivity index (χ0n) is 14.0. The van der Waals surface area contributed by atoms with Crippen molar-refractivity contribution in [1.29, 1.82) is 0 Å². The number of rotatable bonds is 4. The average Bonchev–Trinajstić information content (AvgIpc) is 3.19. The Morgan fingerprint density at radius 3 is 2.80 bits per heavy atom. The van der Waals surface area contributed by atoms with Gasteiger partial charge in [-0.3, -0.25) is 0 Å². The third-order valence-corrected chi connectivity index (χ3v) is 4.39. The Morgan fingerprint density at radius 2 is 2.04 bits per heavy atom. The van der Waals surface area contributed by atoms with E-state index in [-0.39, 0.29) is 5.82 Å². The summed E-state index contributed by atoms with van der Waals surface area (Å²) in [5, 5.41) is 4.13. The molecule has 0 spiro atoms. The van der Waals surface area contributed by atoms with Gasteiger partial charge in [-0.15, -0.1) is 0 Å². The van der Waals surface area contributed by atoms with Gasteiger partial charge in [-0.1, -0.05) is 6.07 Å². The second-order valence-corrected chi connectivity index (χ2v) is 5.93. The van der Waals surface area contributed by atoms with E-state index in [9.17, 15) is 4.39 Å². The first-order chi connectivity index (χ1) is 12.1. The number of anilines is 2. The average molecular weight is 336 g/mol. The summed E-state index contributed by atoms with van der Waals surface area (Å²) in [5.74, 6) is 1.23. The molecule has 1 aromatic carbocycles. The van der Waals surface area contributed by atoms with Crippen LogP contribution in [0.2, 0.25) is 0 Å². The van der Waals surface area contributed by atoms with Gasteiger partial charge in [-0.05, 0) is 49.7 Å². The van der Waals surface area contributed by atoms with E-state index in [1.54, 1.807) is 18.4 Å². The van der Waals surface area contributed by atoms with Gasteiger partial charge in [0.05, 0.1) is 18.2 Å². The maximum absolute atomic E-state index is 13.5. The number of aromatic nitrogens is 3. The minimum atomic E-state index is -0.293. The van der Waals surface area contributed by atoms with Crippen LogP contribution in [0.5, 0.6) is 0 Å². The third kappa shape index (κ3) is 2.76. The van der Waals surface area contributed by atoms with Gasteiger partial charge >= 0.3 is 0 Å². The Bertz CT molecular complexity index is 1040. The smallest absolute Gasteiger partial charge is 0.146 e. The van der Waals surface area contributed by atoms with Gasteiger partial charge in [-0.2, -0.15) is 0 Å². The lowest BCUT2D eigenvalue weighted by atomic mass is 10.2. The van der Waals surface area contributed by atoms with Crippen LogP contribution in [-0.4, -0.2) is 14.5 Å². The number of halogens is 1. The molecule has 6 heteroatoms. The highest BCUT2D eigenvalue weighted by Gasteiger charge is 2.17.